The molecular formula is C16H18N2O2. The first kappa shape index (κ1) is 13.0. The summed E-state index contributed by atoms with van der Waals surface area (Å²) in [6, 6.07) is 16.2. The minimum Gasteiger partial charge on any atom is -0.486 e. The summed E-state index contributed by atoms with van der Waals surface area (Å²) in [4.78, 5) is 0. The Bertz CT molecular complexity index is 572. The molecule has 1 unspecified atom stereocenters. The van der Waals surface area contributed by atoms with Crippen LogP contribution in [0.15, 0.2) is 48.5 Å². The lowest BCUT2D eigenvalue weighted by Crippen LogP contribution is -2.30. The normalized spacial score (nSPS) is 14.8. The molecule has 3 rings (SSSR count). The number of fused-ring (bicyclic) bond motifs is 1. The third-order valence-electron chi connectivity index (χ3n) is 3.46. The fraction of sp³-hybridized carbons (Fsp3) is 0.250. The zero-order valence-electron chi connectivity index (χ0n) is 11.2. The lowest BCUT2D eigenvalue weighted by Gasteiger charge is -2.25. The van der Waals surface area contributed by atoms with Crippen molar-refractivity contribution in [3.8, 4) is 11.5 Å². The van der Waals surface area contributed by atoms with E-state index >= 15 is 0 Å². The molecule has 104 valence electrons. The van der Waals surface area contributed by atoms with Crippen molar-refractivity contribution in [2.45, 2.75) is 12.5 Å². The van der Waals surface area contributed by atoms with Gasteiger partial charge in [0.25, 0.3) is 0 Å². The molecule has 2 aromatic carbocycles. The van der Waals surface area contributed by atoms with Gasteiger partial charge in [0.15, 0.2) is 11.5 Å². The van der Waals surface area contributed by atoms with Gasteiger partial charge in [0, 0.05) is 5.56 Å². The molecule has 1 aliphatic heterocycles. The Balaban J connectivity index is 1.90. The second-order valence-electron chi connectivity index (χ2n) is 4.78. The summed E-state index contributed by atoms with van der Waals surface area (Å²) < 4.78 is 11.4. The highest BCUT2D eigenvalue weighted by atomic mass is 16.6. The van der Waals surface area contributed by atoms with E-state index in [-0.39, 0.29) is 6.04 Å². The maximum absolute atomic E-state index is 5.75. The topological polar surface area (TPSA) is 56.5 Å². The first-order chi connectivity index (χ1) is 9.88. The molecule has 0 saturated heterocycles. The third-order valence-corrected chi connectivity index (χ3v) is 3.46. The minimum atomic E-state index is -0.00551. The smallest absolute Gasteiger partial charge is 0.166 e. The zero-order valence-corrected chi connectivity index (χ0v) is 11.2. The molecule has 0 aromatic heterocycles. The van der Waals surface area contributed by atoms with Gasteiger partial charge in [0.2, 0.25) is 0 Å². The van der Waals surface area contributed by atoms with Gasteiger partial charge in [0.05, 0.1) is 6.04 Å². The van der Waals surface area contributed by atoms with E-state index in [0.29, 0.717) is 13.2 Å². The van der Waals surface area contributed by atoms with Crippen molar-refractivity contribution in [3.63, 3.8) is 0 Å². The second kappa shape index (κ2) is 5.94. The largest absolute Gasteiger partial charge is 0.486 e. The van der Waals surface area contributed by atoms with E-state index in [0.717, 1.165) is 23.5 Å². The highest BCUT2D eigenvalue weighted by molar-refractivity contribution is 5.49. The van der Waals surface area contributed by atoms with E-state index in [9.17, 15) is 0 Å². The van der Waals surface area contributed by atoms with Crippen molar-refractivity contribution in [3.05, 3.63) is 59.7 Å². The van der Waals surface area contributed by atoms with Crippen LogP contribution in [0.25, 0.3) is 0 Å². The maximum Gasteiger partial charge on any atom is 0.166 e. The SMILES string of the molecule is NNC(Cc1ccccc1)c1cccc2c1OCCO2. The van der Waals surface area contributed by atoms with Crippen molar-refractivity contribution in [2.75, 3.05) is 13.2 Å². The number of nitrogens with one attached hydrogen (secondary N) is 1. The van der Waals surface area contributed by atoms with Gasteiger partial charge in [-0.2, -0.15) is 0 Å². The molecular weight excluding hydrogens is 252 g/mol. The predicted molar refractivity (Wildman–Crippen MR) is 77.6 cm³/mol. The number of rotatable bonds is 4. The van der Waals surface area contributed by atoms with Crippen LogP contribution in [-0.2, 0) is 6.42 Å². The van der Waals surface area contributed by atoms with Crippen LogP contribution in [-0.4, -0.2) is 13.2 Å². The van der Waals surface area contributed by atoms with E-state index in [1.165, 1.54) is 5.56 Å². The van der Waals surface area contributed by atoms with Crippen molar-refractivity contribution in [1.82, 2.24) is 5.43 Å². The summed E-state index contributed by atoms with van der Waals surface area (Å²) >= 11 is 0. The zero-order chi connectivity index (χ0) is 13.8. The Kier molecular flexibility index (Phi) is 3.85. The fourth-order valence-corrected chi connectivity index (χ4v) is 2.48. The van der Waals surface area contributed by atoms with Gasteiger partial charge in [-0.3, -0.25) is 11.3 Å². The summed E-state index contributed by atoms with van der Waals surface area (Å²) in [6.07, 6.45) is 0.803. The molecule has 20 heavy (non-hydrogen) atoms. The van der Waals surface area contributed by atoms with E-state index in [2.05, 4.69) is 17.6 Å². The van der Waals surface area contributed by atoms with Crippen LogP contribution in [0.5, 0.6) is 11.5 Å². The summed E-state index contributed by atoms with van der Waals surface area (Å²) in [5.41, 5.74) is 5.14. The fourth-order valence-electron chi connectivity index (χ4n) is 2.48. The van der Waals surface area contributed by atoms with E-state index in [4.69, 9.17) is 15.3 Å². The van der Waals surface area contributed by atoms with Crippen molar-refractivity contribution < 1.29 is 9.47 Å². The lowest BCUT2D eigenvalue weighted by molar-refractivity contribution is 0.168. The highest BCUT2D eigenvalue weighted by Gasteiger charge is 2.21. The molecule has 1 atom stereocenters. The lowest BCUT2D eigenvalue weighted by atomic mass is 9.98. The van der Waals surface area contributed by atoms with E-state index in [1.807, 2.05) is 36.4 Å². The molecule has 4 nitrogen and oxygen atoms in total. The molecule has 1 aliphatic rings. The van der Waals surface area contributed by atoms with Crippen LogP contribution >= 0.6 is 0 Å². The molecule has 0 bridgehead atoms. The third kappa shape index (κ3) is 2.61. The molecule has 0 amide bonds. The molecule has 0 aliphatic carbocycles. The van der Waals surface area contributed by atoms with Crippen molar-refractivity contribution >= 4 is 0 Å². The van der Waals surface area contributed by atoms with Gasteiger partial charge < -0.3 is 9.47 Å². The Morgan fingerprint density at radius 3 is 2.60 bits per heavy atom. The van der Waals surface area contributed by atoms with Crippen molar-refractivity contribution in [1.29, 1.82) is 0 Å². The highest BCUT2D eigenvalue weighted by Crippen LogP contribution is 2.37. The van der Waals surface area contributed by atoms with Gasteiger partial charge in [-0.1, -0.05) is 42.5 Å². The molecule has 3 N–H and O–H groups in total. The number of hydrogen-bond acceptors (Lipinski definition) is 4. The van der Waals surface area contributed by atoms with Gasteiger partial charge >= 0.3 is 0 Å². The van der Waals surface area contributed by atoms with Gasteiger partial charge in [-0.05, 0) is 18.1 Å². The number of para-hydroxylation sites is 1. The first-order valence-electron chi connectivity index (χ1n) is 6.77. The molecule has 2 aromatic rings. The molecule has 4 heteroatoms. The number of hydrazine groups is 1. The molecule has 0 saturated carbocycles. The monoisotopic (exact) mass is 270 g/mol. The van der Waals surface area contributed by atoms with E-state index < -0.39 is 0 Å². The number of ether oxygens (including phenoxy) is 2. The molecule has 0 fully saturated rings. The molecule has 0 spiro atoms. The average molecular weight is 270 g/mol. The van der Waals surface area contributed by atoms with Gasteiger partial charge in [-0.15, -0.1) is 0 Å². The van der Waals surface area contributed by atoms with Gasteiger partial charge in [0.1, 0.15) is 13.2 Å². The molecule has 1 heterocycles. The van der Waals surface area contributed by atoms with Crippen molar-refractivity contribution in [2.24, 2.45) is 5.84 Å². The second-order valence-corrected chi connectivity index (χ2v) is 4.78. The Hall–Kier alpha value is -2.04. The van der Waals surface area contributed by atoms with E-state index in [1.54, 1.807) is 0 Å². The number of nitrogens with two attached hydrogens (primary N) is 1. The number of hydrogen-bond donors (Lipinski definition) is 2. The minimum absolute atomic E-state index is 0.00551. The summed E-state index contributed by atoms with van der Waals surface area (Å²) in [5.74, 6) is 7.34. The van der Waals surface area contributed by atoms with Crippen LogP contribution in [0.3, 0.4) is 0 Å². The number of benzene rings is 2. The van der Waals surface area contributed by atoms with Gasteiger partial charge in [-0.25, -0.2) is 0 Å². The maximum atomic E-state index is 5.75. The van der Waals surface area contributed by atoms with Crippen LogP contribution in [0, 0.1) is 0 Å². The van der Waals surface area contributed by atoms with Crippen LogP contribution in [0.2, 0.25) is 0 Å². The Morgan fingerprint density at radius 1 is 1.00 bits per heavy atom. The first-order valence-corrected chi connectivity index (χ1v) is 6.77. The Morgan fingerprint density at radius 2 is 1.80 bits per heavy atom. The quantitative estimate of drug-likeness (QED) is 0.660. The molecule has 0 radical (unpaired) electrons. The Labute approximate surface area is 118 Å². The predicted octanol–water partition coefficient (Wildman–Crippen LogP) is 2.20. The summed E-state index contributed by atoms with van der Waals surface area (Å²) in [5, 5.41) is 0. The van der Waals surface area contributed by atoms with Crippen LogP contribution in [0.1, 0.15) is 17.2 Å². The summed E-state index contributed by atoms with van der Waals surface area (Å²) in [7, 11) is 0. The van der Waals surface area contributed by atoms with Crippen LogP contribution in [0.4, 0.5) is 0 Å². The average Bonchev–Trinajstić information content (AvgIpc) is 2.53. The standard InChI is InChI=1S/C16H18N2O2/c17-18-14(11-12-5-2-1-3-6-12)13-7-4-8-15-16(13)20-10-9-19-15/h1-8,14,18H,9-11,17H2. The van der Waals surface area contributed by atoms with Crippen LogP contribution < -0.4 is 20.7 Å². The summed E-state index contributed by atoms with van der Waals surface area (Å²) in [6.45, 7) is 1.17.